The summed E-state index contributed by atoms with van der Waals surface area (Å²) < 4.78 is 0. The zero-order chi connectivity index (χ0) is 10.6. The highest BCUT2D eigenvalue weighted by atomic mass is 16.4. The van der Waals surface area contributed by atoms with Crippen molar-refractivity contribution in [3.8, 4) is 0 Å². The summed E-state index contributed by atoms with van der Waals surface area (Å²) in [5.41, 5.74) is 1.34. The molecule has 0 aromatic rings. The predicted octanol–water partition coefficient (Wildman–Crippen LogP) is 1.25. The molecule has 1 N–H and O–H groups in total. The van der Waals surface area contributed by atoms with E-state index in [1.807, 2.05) is 6.92 Å². The highest BCUT2D eigenvalue weighted by molar-refractivity contribution is 5.65. The zero-order valence-corrected chi connectivity index (χ0v) is 8.86. The van der Waals surface area contributed by atoms with Crippen molar-refractivity contribution in [3.63, 3.8) is 0 Å². The standard InChI is InChI=1S/C10H18N2O2/c1-3-9(2)8-11-4-6-12(7-5-11)10(13)14/h3H,4-8H2,1-2H3,(H,13,14). The minimum Gasteiger partial charge on any atom is -0.465 e. The van der Waals surface area contributed by atoms with Crippen LogP contribution >= 0.6 is 0 Å². The third-order valence-corrected chi connectivity index (χ3v) is 2.61. The molecule has 0 aromatic carbocycles. The molecule has 1 rings (SSSR count). The second-order valence-corrected chi connectivity index (χ2v) is 3.68. The number of hydrogen-bond acceptors (Lipinski definition) is 2. The Morgan fingerprint density at radius 3 is 2.36 bits per heavy atom. The minimum atomic E-state index is -0.799. The van der Waals surface area contributed by atoms with E-state index in [0.29, 0.717) is 13.1 Å². The molecule has 80 valence electrons. The van der Waals surface area contributed by atoms with Gasteiger partial charge in [-0.1, -0.05) is 11.6 Å². The third-order valence-electron chi connectivity index (χ3n) is 2.61. The van der Waals surface area contributed by atoms with Crippen molar-refractivity contribution >= 4 is 6.09 Å². The summed E-state index contributed by atoms with van der Waals surface area (Å²) in [5.74, 6) is 0. The molecular formula is C10H18N2O2. The lowest BCUT2D eigenvalue weighted by Crippen LogP contribution is -2.48. The van der Waals surface area contributed by atoms with Gasteiger partial charge in [0.2, 0.25) is 0 Å². The molecule has 0 unspecified atom stereocenters. The van der Waals surface area contributed by atoms with Gasteiger partial charge in [0.25, 0.3) is 0 Å². The largest absolute Gasteiger partial charge is 0.465 e. The van der Waals surface area contributed by atoms with Crippen molar-refractivity contribution in [3.05, 3.63) is 11.6 Å². The molecular weight excluding hydrogens is 180 g/mol. The quantitative estimate of drug-likeness (QED) is 0.679. The average Bonchev–Trinajstić information content (AvgIpc) is 2.18. The van der Waals surface area contributed by atoms with E-state index in [1.54, 1.807) is 0 Å². The molecule has 4 heteroatoms. The molecule has 0 aromatic heterocycles. The van der Waals surface area contributed by atoms with Crippen LogP contribution in [0.25, 0.3) is 0 Å². The molecule has 1 saturated heterocycles. The van der Waals surface area contributed by atoms with Crippen molar-refractivity contribution in [2.45, 2.75) is 13.8 Å². The smallest absolute Gasteiger partial charge is 0.407 e. The van der Waals surface area contributed by atoms with Gasteiger partial charge in [-0.25, -0.2) is 4.79 Å². The van der Waals surface area contributed by atoms with Crippen LogP contribution in [0, 0.1) is 0 Å². The Balaban J connectivity index is 2.32. The van der Waals surface area contributed by atoms with Crippen LogP contribution in [0.4, 0.5) is 4.79 Å². The first kappa shape index (κ1) is 11.0. The van der Waals surface area contributed by atoms with Crippen LogP contribution in [0.3, 0.4) is 0 Å². The first-order valence-corrected chi connectivity index (χ1v) is 4.95. The van der Waals surface area contributed by atoms with Gasteiger partial charge in [0.05, 0.1) is 0 Å². The van der Waals surface area contributed by atoms with Crippen LogP contribution < -0.4 is 0 Å². The Hall–Kier alpha value is -1.03. The van der Waals surface area contributed by atoms with Crippen molar-refractivity contribution in [2.24, 2.45) is 0 Å². The fraction of sp³-hybridized carbons (Fsp3) is 0.700. The van der Waals surface area contributed by atoms with E-state index in [4.69, 9.17) is 5.11 Å². The number of carboxylic acid groups (broad SMARTS) is 1. The number of nitrogens with zero attached hydrogens (tertiary/aromatic N) is 2. The Kier molecular flexibility index (Phi) is 3.95. The number of piperazine rings is 1. The topological polar surface area (TPSA) is 43.8 Å². The maximum atomic E-state index is 10.6. The SMILES string of the molecule is CC=C(C)CN1CCN(C(=O)O)CC1. The van der Waals surface area contributed by atoms with Gasteiger partial charge in [0.1, 0.15) is 0 Å². The molecule has 1 aliphatic rings. The third kappa shape index (κ3) is 3.03. The normalized spacial score (nSPS) is 19.9. The van der Waals surface area contributed by atoms with Crippen LogP contribution in [0.2, 0.25) is 0 Å². The Bertz CT molecular complexity index is 230. The van der Waals surface area contributed by atoms with Gasteiger partial charge >= 0.3 is 6.09 Å². The molecule has 0 spiro atoms. The number of hydrogen-bond donors (Lipinski definition) is 1. The maximum Gasteiger partial charge on any atom is 0.407 e. The number of rotatable bonds is 2. The highest BCUT2D eigenvalue weighted by Crippen LogP contribution is 2.04. The first-order valence-electron chi connectivity index (χ1n) is 4.95. The molecule has 4 nitrogen and oxygen atoms in total. The summed E-state index contributed by atoms with van der Waals surface area (Å²) in [6.45, 7) is 8.05. The molecule has 0 atom stereocenters. The van der Waals surface area contributed by atoms with E-state index in [2.05, 4.69) is 17.9 Å². The molecule has 1 aliphatic heterocycles. The lowest BCUT2D eigenvalue weighted by Gasteiger charge is -2.33. The van der Waals surface area contributed by atoms with Gasteiger partial charge in [-0.2, -0.15) is 0 Å². The number of amides is 1. The molecule has 0 aliphatic carbocycles. The van der Waals surface area contributed by atoms with Gasteiger partial charge in [-0.05, 0) is 13.8 Å². The summed E-state index contributed by atoms with van der Waals surface area (Å²) in [7, 11) is 0. The van der Waals surface area contributed by atoms with E-state index in [-0.39, 0.29) is 0 Å². The van der Waals surface area contributed by atoms with Gasteiger partial charge in [0, 0.05) is 32.7 Å². The van der Waals surface area contributed by atoms with Crippen LogP contribution in [0.1, 0.15) is 13.8 Å². The highest BCUT2D eigenvalue weighted by Gasteiger charge is 2.19. The van der Waals surface area contributed by atoms with Crippen LogP contribution in [0.5, 0.6) is 0 Å². The monoisotopic (exact) mass is 198 g/mol. The molecule has 1 amide bonds. The maximum absolute atomic E-state index is 10.6. The molecule has 14 heavy (non-hydrogen) atoms. The van der Waals surface area contributed by atoms with Crippen molar-refractivity contribution in [1.82, 2.24) is 9.80 Å². The summed E-state index contributed by atoms with van der Waals surface area (Å²) in [6.07, 6.45) is 1.30. The zero-order valence-electron chi connectivity index (χ0n) is 8.86. The first-order chi connectivity index (χ1) is 6.63. The van der Waals surface area contributed by atoms with Crippen molar-refractivity contribution < 1.29 is 9.90 Å². The van der Waals surface area contributed by atoms with Gasteiger partial charge in [-0.3, -0.25) is 4.90 Å². The predicted molar refractivity (Wildman–Crippen MR) is 55.5 cm³/mol. The van der Waals surface area contributed by atoms with Crippen LogP contribution in [-0.4, -0.2) is 53.7 Å². The lowest BCUT2D eigenvalue weighted by molar-refractivity contribution is 0.109. The second-order valence-electron chi connectivity index (χ2n) is 3.68. The van der Waals surface area contributed by atoms with Crippen LogP contribution in [0.15, 0.2) is 11.6 Å². The molecule has 0 bridgehead atoms. The van der Waals surface area contributed by atoms with Gasteiger partial charge in [0.15, 0.2) is 0 Å². The van der Waals surface area contributed by atoms with E-state index >= 15 is 0 Å². The summed E-state index contributed by atoms with van der Waals surface area (Å²) >= 11 is 0. The summed E-state index contributed by atoms with van der Waals surface area (Å²) in [4.78, 5) is 14.4. The Morgan fingerprint density at radius 2 is 1.93 bits per heavy atom. The van der Waals surface area contributed by atoms with Crippen LogP contribution in [-0.2, 0) is 0 Å². The van der Waals surface area contributed by atoms with Gasteiger partial charge < -0.3 is 10.0 Å². The summed E-state index contributed by atoms with van der Waals surface area (Å²) in [5, 5.41) is 8.75. The fourth-order valence-corrected chi connectivity index (χ4v) is 1.54. The lowest BCUT2D eigenvalue weighted by atomic mass is 10.2. The minimum absolute atomic E-state index is 0.631. The van der Waals surface area contributed by atoms with E-state index in [0.717, 1.165) is 19.6 Å². The van der Waals surface area contributed by atoms with E-state index < -0.39 is 6.09 Å². The second kappa shape index (κ2) is 5.00. The van der Waals surface area contributed by atoms with Crippen molar-refractivity contribution in [2.75, 3.05) is 32.7 Å². The Labute approximate surface area is 84.8 Å². The molecule has 0 saturated carbocycles. The van der Waals surface area contributed by atoms with Gasteiger partial charge in [-0.15, -0.1) is 0 Å². The van der Waals surface area contributed by atoms with Crippen molar-refractivity contribution in [1.29, 1.82) is 0 Å². The Morgan fingerprint density at radius 1 is 1.36 bits per heavy atom. The molecule has 0 radical (unpaired) electrons. The van der Waals surface area contributed by atoms with E-state index in [9.17, 15) is 4.79 Å². The number of allylic oxidation sites excluding steroid dienone is 1. The number of carbonyl (C=O) groups is 1. The molecule has 1 heterocycles. The van der Waals surface area contributed by atoms with E-state index in [1.165, 1.54) is 10.5 Å². The fourth-order valence-electron chi connectivity index (χ4n) is 1.54. The molecule has 1 fully saturated rings. The summed E-state index contributed by atoms with van der Waals surface area (Å²) in [6, 6.07) is 0. The average molecular weight is 198 g/mol.